The number of nitrogens with two attached hydrogens (primary N) is 1. The highest BCUT2D eigenvalue weighted by Gasteiger charge is 2.16. The highest BCUT2D eigenvalue weighted by atomic mass is 32.1. The second kappa shape index (κ2) is 4.00. The number of carbonyl (C=O) groups is 1. The van der Waals surface area contributed by atoms with Gasteiger partial charge in [-0.25, -0.2) is 0 Å². The van der Waals surface area contributed by atoms with Crippen molar-refractivity contribution in [3.05, 3.63) is 16.5 Å². The highest BCUT2D eigenvalue weighted by Crippen LogP contribution is 2.30. The Labute approximate surface area is 88.5 Å². The Morgan fingerprint density at radius 3 is 2.43 bits per heavy atom. The van der Waals surface area contributed by atoms with E-state index in [2.05, 4.69) is 13.8 Å². The molecule has 0 aliphatic rings. The van der Waals surface area contributed by atoms with Crippen LogP contribution in [0, 0.1) is 0 Å². The van der Waals surface area contributed by atoms with Gasteiger partial charge in [-0.05, 0) is 12.0 Å². The molecule has 78 valence electrons. The highest BCUT2D eigenvalue weighted by molar-refractivity contribution is 7.16. The standard InChI is InChI=1S/C10H16N2OS/c1-6(2)8-5-7(9(11)14-8)10(13)12(3)4/h5-6H,11H2,1-4H3. The third kappa shape index (κ3) is 2.07. The minimum absolute atomic E-state index is 0.0225. The quantitative estimate of drug-likeness (QED) is 0.816. The number of amides is 1. The molecule has 0 aliphatic carbocycles. The monoisotopic (exact) mass is 212 g/mol. The summed E-state index contributed by atoms with van der Waals surface area (Å²) in [6.07, 6.45) is 0. The number of anilines is 1. The fourth-order valence-electron chi connectivity index (χ4n) is 1.12. The van der Waals surface area contributed by atoms with Crippen molar-refractivity contribution in [1.82, 2.24) is 4.90 Å². The second-order valence-corrected chi connectivity index (χ2v) is 4.90. The number of rotatable bonds is 2. The van der Waals surface area contributed by atoms with Crippen LogP contribution in [-0.2, 0) is 0 Å². The van der Waals surface area contributed by atoms with Gasteiger partial charge in [0.05, 0.1) is 10.6 Å². The van der Waals surface area contributed by atoms with Crippen molar-refractivity contribution >= 4 is 22.2 Å². The number of nitrogens with zero attached hydrogens (tertiary/aromatic N) is 1. The molecule has 0 bridgehead atoms. The van der Waals surface area contributed by atoms with Crippen molar-refractivity contribution in [1.29, 1.82) is 0 Å². The van der Waals surface area contributed by atoms with E-state index in [4.69, 9.17) is 5.73 Å². The minimum atomic E-state index is -0.0225. The fraction of sp³-hybridized carbons (Fsp3) is 0.500. The van der Waals surface area contributed by atoms with Crippen LogP contribution in [0.3, 0.4) is 0 Å². The first-order valence-electron chi connectivity index (χ1n) is 4.54. The van der Waals surface area contributed by atoms with Crippen molar-refractivity contribution < 1.29 is 4.79 Å². The zero-order chi connectivity index (χ0) is 10.9. The summed E-state index contributed by atoms with van der Waals surface area (Å²) in [5, 5.41) is 0.618. The van der Waals surface area contributed by atoms with Crippen LogP contribution < -0.4 is 5.73 Å². The molecule has 1 rings (SSSR count). The van der Waals surface area contributed by atoms with Crippen LogP contribution in [0.5, 0.6) is 0 Å². The first-order valence-corrected chi connectivity index (χ1v) is 5.36. The van der Waals surface area contributed by atoms with Gasteiger partial charge in [-0.3, -0.25) is 4.79 Å². The maximum Gasteiger partial charge on any atom is 0.256 e. The van der Waals surface area contributed by atoms with Gasteiger partial charge in [0.25, 0.3) is 5.91 Å². The van der Waals surface area contributed by atoms with E-state index in [0.29, 0.717) is 16.5 Å². The van der Waals surface area contributed by atoms with Crippen LogP contribution >= 0.6 is 11.3 Å². The van der Waals surface area contributed by atoms with Gasteiger partial charge >= 0.3 is 0 Å². The topological polar surface area (TPSA) is 46.3 Å². The van der Waals surface area contributed by atoms with Gasteiger partial charge in [0.1, 0.15) is 0 Å². The second-order valence-electron chi connectivity index (χ2n) is 3.78. The number of thiophene rings is 1. The fourth-order valence-corrected chi connectivity index (χ4v) is 2.04. The van der Waals surface area contributed by atoms with Gasteiger partial charge in [-0.1, -0.05) is 13.8 Å². The average molecular weight is 212 g/mol. The zero-order valence-electron chi connectivity index (χ0n) is 9.00. The zero-order valence-corrected chi connectivity index (χ0v) is 9.81. The Morgan fingerprint density at radius 2 is 2.07 bits per heavy atom. The largest absolute Gasteiger partial charge is 0.390 e. The molecule has 1 heterocycles. The lowest BCUT2D eigenvalue weighted by Gasteiger charge is -2.08. The van der Waals surface area contributed by atoms with E-state index in [1.807, 2.05) is 6.07 Å². The Balaban J connectivity index is 3.04. The Hall–Kier alpha value is -1.03. The van der Waals surface area contributed by atoms with Gasteiger partial charge in [0, 0.05) is 19.0 Å². The molecule has 3 nitrogen and oxygen atoms in total. The maximum absolute atomic E-state index is 11.7. The van der Waals surface area contributed by atoms with Gasteiger partial charge in [0.2, 0.25) is 0 Å². The Bertz CT molecular complexity index is 342. The minimum Gasteiger partial charge on any atom is -0.390 e. The predicted octanol–water partition coefficient (Wildman–Crippen LogP) is 2.16. The third-order valence-electron chi connectivity index (χ3n) is 1.99. The smallest absolute Gasteiger partial charge is 0.256 e. The summed E-state index contributed by atoms with van der Waals surface area (Å²) in [5.74, 6) is 0.400. The first kappa shape index (κ1) is 11.0. The normalized spacial score (nSPS) is 10.6. The molecule has 0 fully saturated rings. The van der Waals surface area contributed by atoms with Crippen molar-refractivity contribution in [2.75, 3.05) is 19.8 Å². The lowest BCUT2D eigenvalue weighted by atomic mass is 10.1. The van der Waals surface area contributed by atoms with Crippen molar-refractivity contribution in [2.45, 2.75) is 19.8 Å². The van der Waals surface area contributed by atoms with Crippen molar-refractivity contribution in [2.24, 2.45) is 0 Å². The average Bonchev–Trinajstić information content (AvgIpc) is 2.46. The van der Waals surface area contributed by atoms with Crippen LogP contribution in [0.1, 0.15) is 35.0 Å². The molecule has 0 unspecified atom stereocenters. The third-order valence-corrected chi connectivity index (χ3v) is 3.25. The lowest BCUT2D eigenvalue weighted by Crippen LogP contribution is -2.21. The molecule has 0 saturated carbocycles. The molecule has 1 amide bonds. The van der Waals surface area contributed by atoms with E-state index in [9.17, 15) is 4.79 Å². The van der Waals surface area contributed by atoms with Gasteiger partial charge < -0.3 is 10.6 Å². The summed E-state index contributed by atoms with van der Waals surface area (Å²) in [5.41, 5.74) is 6.42. The number of hydrogen-bond acceptors (Lipinski definition) is 3. The van der Waals surface area contributed by atoms with E-state index >= 15 is 0 Å². The summed E-state index contributed by atoms with van der Waals surface area (Å²) in [4.78, 5) is 14.4. The van der Waals surface area contributed by atoms with Crippen molar-refractivity contribution in [3.8, 4) is 0 Å². The van der Waals surface area contributed by atoms with E-state index < -0.39 is 0 Å². The molecule has 0 aromatic carbocycles. The maximum atomic E-state index is 11.7. The van der Waals surface area contributed by atoms with Crippen LogP contribution in [0.2, 0.25) is 0 Å². The molecule has 4 heteroatoms. The van der Waals surface area contributed by atoms with E-state index in [-0.39, 0.29) is 5.91 Å². The van der Waals surface area contributed by atoms with Gasteiger partial charge in [-0.15, -0.1) is 11.3 Å². The lowest BCUT2D eigenvalue weighted by molar-refractivity contribution is 0.0829. The summed E-state index contributed by atoms with van der Waals surface area (Å²) in [6, 6.07) is 1.90. The predicted molar refractivity (Wildman–Crippen MR) is 60.8 cm³/mol. The summed E-state index contributed by atoms with van der Waals surface area (Å²) in [6.45, 7) is 4.18. The Kier molecular flexibility index (Phi) is 3.16. The first-order chi connectivity index (χ1) is 6.43. The van der Waals surface area contributed by atoms with Gasteiger partial charge in [-0.2, -0.15) is 0 Å². The summed E-state index contributed by atoms with van der Waals surface area (Å²) >= 11 is 1.50. The van der Waals surface area contributed by atoms with Crippen LogP contribution in [0.4, 0.5) is 5.00 Å². The van der Waals surface area contributed by atoms with Gasteiger partial charge in [0.15, 0.2) is 0 Å². The molecule has 2 N–H and O–H groups in total. The van der Waals surface area contributed by atoms with Crippen LogP contribution in [0.25, 0.3) is 0 Å². The molecule has 0 atom stereocenters. The Morgan fingerprint density at radius 1 is 1.50 bits per heavy atom. The SMILES string of the molecule is CC(C)c1cc(C(=O)N(C)C)c(N)s1. The molecule has 0 radical (unpaired) electrons. The molecule has 14 heavy (non-hydrogen) atoms. The van der Waals surface area contributed by atoms with Crippen molar-refractivity contribution in [3.63, 3.8) is 0 Å². The van der Waals surface area contributed by atoms with E-state index in [0.717, 1.165) is 4.88 Å². The number of hydrogen-bond donors (Lipinski definition) is 1. The summed E-state index contributed by atoms with van der Waals surface area (Å²) in [7, 11) is 3.46. The molecule has 1 aromatic rings. The molecule has 0 aliphatic heterocycles. The van der Waals surface area contributed by atoms with Crippen LogP contribution in [0.15, 0.2) is 6.07 Å². The molecule has 0 saturated heterocycles. The summed E-state index contributed by atoms with van der Waals surface area (Å²) < 4.78 is 0. The number of carbonyl (C=O) groups excluding carboxylic acids is 1. The molecular formula is C10H16N2OS. The molecular weight excluding hydrogens is 196 g/mol. The molecule has 1 aromatic heterocycles. The van der Waals surface area contributed by atoms with Crippen LogP contribution in [-0.4, -0.2) is 24.9 Å². The number of nitrogen functional groups attached to an aromatic ring is 1. The van der Waals surface area contributed by atoms with E-state index in [1.54, 1.807) is 19.0 Å². The molecule has 0 spiro atoms. The van der Waals surface area contributed by atoms with E-state index in [1.165, 1.54) is 11.3 Å².